The van der Waals surface area contributed by atoms with Crippen LogP contribution in [0.25, 0.3) is 0 Å². The molecule has 2 aliphatic heterocycles. The van der Waals surface area contributed by atoms with Gasteiger partial charge in [0.15, 0.2) is 5.17 Å². The molecule has 0 bridgehead atoms. The number of aryl methyl sites for hydroxylation is 2. The van der Waals surface area contributed by atoms with Crippen LogP contribution < -0.4 is 15.0 Å². The summed E-state index contributed by atoms with van der Waals surface area (Å²) in [7, 11) is 0. The van der Waals surface area contributed by atoms with E-state index in [9.17, 15) is 14.4 Å². The summed E-state index contributed by atoms with van der Waals surface area (Å²) in [5.41, 5.74) is 3.32. The molecule has 166 valence electrons. The molecule has 4 rings (SSSR count). The van der Waals surface area contributed by atoms with Crippen molar-refractivity contribution in [2.75, 3.05) is 18.1 Å². The number of hydrogen-bond donors (Lipinski definition) is 1. The minimum atomic E-state index is -1.40. The molecule has 8 nitrogen and oxygen atoms in total. The topological polar surface area (TPSA) is 91.3 Å². The summed E-state index contributed by atoms with van der Waals surface area (Å²) >= 11 is 1.07. The molecule has 2 heterocycles. The van der Waals surface area contributed by atoms with Crippen LogP contribution in [0.15, 0.2) is 47.6 Å². The third-order valence-corrected chi connectivity index (χ3v) is 6.63. The van der Waals surface area contributed by atoms with E-state index < -0.39 is 10.8 Å². The molecule has 0 unspecified atom stereocenters. The summed E-state index contributed by atoms with van der Waals surface area (Å²) in [5.74, 6) is -0.248. The van der Waals surface area contributed by atoms with E-state index in [4.69, 9.17) is 4.74 Å². The lowest BCUT2D eigenvalue weighted by Gasteiger charge is -2.29. The van der Waals surface area contributed by atoms with E-state index in [2.05, 4.69) is 10.4 Å². The van der Waals surface area contributed by atoms with Gasteiger partial charge < -0.3 is 15.0 Å². The molecule has 1 atom stereocenters. The lowest BCUT2D eigenvalue weighted by molar-refractivity contribution is -0.139. The predicted octanol–water partition coefficient (Wildman–Crippen LogP) is 2.88. The number of benzene rings is 2. The number of hydrazone groups is 1. The fraction of sp³-hybridized carbons (Fsp3) is 0.304. The van der Waals surface area contributed by atoms with Gasteiger partial charge in [-0.2, -0.15) is 5.01 Å². The van der Waals surface area contributed by atoms with Crippen molar-refractivity contribution < 1.29 is 19.1 Å². The van der Waals surface area contributed by atoms with Crippen molar-refractivity contribution >= 4 is 40.3 Å². The van der Waals surface area contributed by atoms with Crippen LogP contribution >= 0.6 is 11.8 Å². The normalized spacial score (nSPS) is 19.2. The molecule has 0 aliphatic carbocycles. The van der Waals surface area contributed by atoms with Gasteiger partial charge in [-0.15, -0.1) is 5.10 Å². The summed E-state index contributed by atoms with van der Waals surface area (Å²) in [5, 5.41) is 8.27. The minimum absolute atomic E-state index is 0.214. The Morgan fingerprint density at radius 3 is 2.50 bits per heavy atom. The van der Waals surface area contributed by atoms with E-state index in [0.29, 0.717) is 12.1 Å². The van der Waals surface area contributed by atoms with Crippen LogP contribution in [0.4, 0.5) is 5.69 Å². The van der Waals surface area contributed by atoms with Crippen LogP contribution in [-0.2, 0) is 19.3 Å². The average Bonchev–Trinajstić information content (AvgIpc) is 3.22. The number of nitrogens with zero attached hydrogens (tertiary/aromatic N) is 3. The molecular weight excluding hydrogens is 428 g/mol. The van der Waals surface area contributed by atoms with Gasteiger partial charge >= 0.3 is 0 Å². The number of amides is 3. The first-order valence-electron chi connectivity index (χ1n) is 10.2. The van der Waals surface area contributed by atoms with Crippen LogP contribution in [0.2, 0.25) is 0 Å². The van der Waals surface area contributed by atoms with E-state index in [0.717, 1.165) is 34.3 Å². The maximum atomic E-state index is 13.9. The largest absolute Gasteiger partial charge is 0.491 e. The maximum absolute atomic E-state index is 13.9. The molecule has 1 spiro atoms. The number of hydrogen-bond acceptors (Lipinski definition) is 6. The molecule has 1 N–H and O–H groups in total. The number of nitrogens with one attached hydrogen (secondary N) is 1. The van der Waals surface area contributed by atoms with Gasteiger partial charge in [0.25, 0.3) is 5.91 Å². The van der Waals surface area contributed by atoms with E-state index in [1.165, 1.54) is 18.9 Å². The Hall–Kier alpha value is -3.33. The molecule has 0 saturated carbocycles. The first-order chi connectivity index (χ1) is 15.3. The SMILES string of the molecule is CC(=O)NC1=NN(C(C)=O)[C@@]2(S1)C(=O)N(CCOc1ccccc1C)c1c(C)cccc12. The van der Waals surface area contributed by atoms with Crippen molar-refractivity contribution in [3.05, 3.63) is 59.2 Å². The van der Waals surface area contributed by atoms with Crippen molar-refractivity contribution in [2.24, 2.45) is 5.10 Å². The Kier molecular flexibility index (Phi) is 5.68. The fourth-order valence-corrected chi connectivity index (χ4v) is 5.36. The van der Waals surface area contributed by atoms with Crippen molar-refractivity contribution in [1.82, 2.24) is 10.3 Å². The minimum Gasteiger partial charge on any atom is -0.491 e. The molecule has 2 aliphatic rings. The molecule has 0 aromatic heterocycles. The Morgan fingerprint density at radius 1 is 1.09 bits per heavy atom. The van der Waals surface area contributed by atoms with Crippen LogP contribution in [0, 0.1) is 13.8 Å². The van der Waals surface area contributed by atoms with Crippen molar-refractivity contribution in [1.29, 1.82) is 0 Å². The van der Waals surface area contributed by atoms with Gasteiger partial charge in [0, 0.05) is 19.4 Å². The second-order valence-electron chi connectivity index (χ2n) is 7.71. The summed E-state index contributed by atoms with van der Waals surface area (Å²) in [6.07, 6.45) is 0. The highest BCUT2D eigenvalue weighted by Crippen LogP contribution is 2.55. The van der Waals surface area contributed by atoms with Crippen molar-refractivity contribution in [3.8, 4) is 5.75 Å². The molecule has 0 saturated heterocycles. The van der Waals surface area contributed by atoms with E-state index in [-0.39, 0.29) is 23.6 Å². The fourth-order valence-electron chi connectivity index (χ4n) is 4.03. The highest BCUT2D eigenvalue weighted by molar-refractivity contribution is 8.15. The van der Waals surface area contributed by atoms with Crippen LogP contribution in [0.3, 0.4) is 0 Å². The summed E-state index contributed by atoms with van der Waals surface area (Å²) in [4.78, 5) is 38.2. The van der Waals surface area contributed by atoms with E-state index >= 15 is 0 Å². The zero-order chi connectivity index (χ0) is 23.0. The number of rotatable bonds is 4. The number of carbonyl (C=O) groups excluding carboxylic acids is 3. The monoisotopic (exact) mass is 452 g/mol. The second-order valence-corrected chi connectivity index (χ2v) is 8.89. The number of ether oxygens (including phenoxy) is 1. The smallest absolute Gasteiger partial charge is 0.270 e. The van der Waals surface area contributed by atoms with E-state index in [1.54, 1.807) is 4.90 Å². The molecule has 9 heteroatoms. The quantitative estimate of drug-likeness (QED) is 0.770. The zero-order valence-electron chi connectivity index (χ0n) is 18.3. The molecule has 0 radical (unpaired) electrons. The van der Waals surface area contributed by atoms with Gasteiger partial charge in [-0.25, -0.2) is 0 Å². The Morgan fingerprint density at radius 2 is 1.81 bits per heavy atom. The number of para-hydroxylation sites is 2. The first kappa shape index (κ1) is 21.9. The van der Waals surface area contributed by atoms with E-state index in [1.807, 2.05) is 56.3 Å². The lowest BCUT2D eigenvalue weighted by Crippen LogP contribution is -2.49. The number of thioether (sulfide) groups is 1. The number of fused-ring (bicyclic) bond motifs is 2. The molecular formula is C23H24N4O4S. The van der Waals surface area contributed by atoms with Gasteiger partial charge in [-0.3, -0.25) is 14.4 Å². The summed E-state index contributed by atoms with van der Waals surface area (Å²) in [6, 6.07) is 13.3. The number of carbonyl (C=O) groups is 3. The summed E-state index contributed by atoms with van der Waals surface area (Å²) < 4.78 is 5.93. The zero-order valence-corrected chi connectivity index (χ0v) is 19.2. The average molecular weight is 453 g/mol. The number of amidine groups is 1. The van der Waals surface area contributed by atoms with Gasteiger partial charge in [-0.1, -0.05) is 36.4 Å². The predicted molar refractivity (Wildman–Crippen MR) is 123 cm³/mol. The first-order valence-corrected chi connectivity index (χ1v) is 11.0. The standard InChI is InChI=1S/C23H24N4O4S/c1-14-8-5-6-11-19(14)31-13-12-26-20-15(2)9-7-10-18(20)23(21(26)30)27(17(4)29)25-22(32-23)24-16(3)28/h5-11H,12-13H2,1-4H3,(H,24,25,28)/t23-/m0/s1. The van der Waals surface area contributed by atoms with Gasteiger partial charge in [0.2, 0.25) is 16.7 Å². The molecule has 3 amide bonds. The molecule has 2 aromatic rings. The highest BCUT2D eigenvalue weighted by atomic mass is 32.2. The van der Waals surface area contributed by atoms with Crippen LogP contribution in [0.1, 0.15) is 30.5 Å². The Bertz CT molecular complexity index is 1150. The lowest BCUT2D eigenvalue weighted by atomic mass is 10.0. The van der Waals surface area contributed by atoms with Crippen LogP contribution in [0.5, 0.6) is 5.75 Å². The number of anilines is 1. The van der Waals surface area contributed by atoms with Gasteiger partial charge in [0.1, 0.15) is 12.4 Å². The van der Waals surface area contributed by atoms with Crippen LogP contribution in [-0.4, -0.2) is 41.0 Å². The Balaban J connectivity index is 1.68. The molecule has 32 heavy (non-hydrogen) atoms. The second kappa shape index (κ2) is 8.31. The molecule has 0 fully saturated rings. The van der Waals surface area contributed by atoms with Crippen molar-refractivity contribution in [3.63, 3.8) is 0 Å². The van der Waals surface area contributed by atoms with Gasteiger partial charge in [0.05, 0.1) is 12.2 Å². The maximum Gasteiger partial charge on any atom is 0.270 e. The molecule has 2 aromatic carbocycles. The van der Waals surface area contributed by atoms with Gasteiger partial charge in [-0.05, 0) is 42.8 Å². The third-order valence-electron chi connectivity index (χ3n) is 5.39. The van der Waals surface area contributed by atoms with Crippen molar-refractivity contribution in [2.45, 2.75) is 32.6 Å². The highest BCUT2D eigenvalue weighted by Gasteiger charge is 2.61. The third kappa shape index (κ3) is 3.52. The Labute approximate surface area is 190 Å². The summed E-state index contributed by atoms with van der Waals surface area (Å²) in [6.45, 7) is 7.18.